The summed E-state index contributed by atoms with van der Waals surface area (Å²) in [6.45, 7) is 5.43. The summed E-state index contributed by atoms with van der Waals surface area (Å²) in [7, 11) is 1.62. The van der Waals surface area contributed by atoms with Crippen LogP contribution in [0.5, 0.6) is 5.75 Å². The number of hydrogen-bond donors (Lipinski definition) is 1. The van der Waals surface area contributed by atoms with Crippen molar-refractivity contribution in [2.75, 3.05) is 20.2 Å². The van der Waals surface area contributed by atoms with E-state index >= 15 is 0 Å². The molecule has 4 heteroatoms. The smallest absolute Gasteiger partial charge is 0.254 e. The van der Waals surface area contributed by atoms with E-state index in [1.165, 1.54) is 0 Å². The number of carbonyl (C=O) groups is 1. The zero-order valence-corrected chi connectivity index (χ0v) is 11.8. The standard InChI is InChI=1S/C15H22N2O2/c1-10-6-7-17(13(10)9-16)15(18)12-5-4-11(2)14(8-12)19-3/h4-5,8,10,13H,6-7,9,16H2,1-3H3. The fourth-order valence-electron chi connectivity index (χ4n) is 2.74. The molecule has 0 radical (unpaired) electrons. The predicted octanol–water partition coefficient (Wildman–Crippen LogP) is 1.81. The fraction of sp³-hybridized carbons (Fsp3) is 0.533. The molecular weight excluding hydrogens is 240 g/mol. The number of ether oxygens (including phenoxy) is 1. The topological polar surface area (TPSA) is 55.6 Å². The van der Waals surface area contributed by atoms with Gasteiger partial charge in [-0.1, -0.05) is 13.0 Å². The van der Waals surface area contributed by atoms with Crippen LogP contribution in [-0.4, -0.2) is 37.0 Å². The first-order valence-electron chi connectivity index (χ1n) is 6.74. The molecule has 1 aromatic rings. The second kappa shape index (κ2) is 5.61. The Bertz CT molecular complexity index is 473. The summed E-state index contributed by atoms with van der Waals surface area (Å²) in [5, 5.41) is 0. The van der Waals surface area contributed by atoms with E-state index in [4.69, 9.17) is 10.5 Å². The van der Waals surface area contributed by atoms with E-state index in [0.29, 0.717) is 18.0 Å². The third-order valence-corrected chi connectivity index (χ3v) is 4.04. The fourth-order valence-corrected chi connectivity index (χ4v) is 2.74. The maximum absolute atomic E-state index is 12.6. The van der Waals surface area contributed by atoms with Crippen LogP contribution in [0.25, 0.3) is 0 Å². The minimum atomic E-state index is 0.0538. The molecule has 1 aliphatic heterocycles. The monoisotopic (exact) mass is 262 g/mol. The molecule has 0 spiro atoms. The van der Waals surface area contributed by atoms with Crippen LogP contribution in [0, 0.1) is 12.8 Å². The number of aryl methyl sites for hydroxylation is 1. The third-order valence-electron chi connectivity index (χ3n) is 4.04. The summed E-state index contributed by atoms with van der Waals surface area (Å²) < 4.78 is 5.28. The third kappa shape index (κ3) is 2.59. The summed E-state index contributed by atoms with van der Waals surface area (Å²) in [6.07, 6.45) is 1.02. The van der Waals surface area contributed by atoms with E-state index in [2.05, 4.69) is 6.92 Å². The van der Waals surface area contributed by atoms with Crippen LogP contribution < -0.4 is 10.5 Å². The lowest BCUT2D eigenvalue weighted by Crippen LogP contribution is -2.42. The van der Waals surface area contributed by atoms with Crippen molar-refractivity contribution in [3.8, 4) is 5.75 Å². The number of nitrogens with two attached hydrogens (primary N) is 1. The first kappa shape index (κ1) is 13.9. The number of methoxy groups -OCH3 is 1. The molecule has 0 bridgehead atoms. The Morgan fingerprint density at radius 2 is 2.26 bits per heavy atom. The van der Waals surface area contributed by atoms with Gasteiger partial charge in [-0.15, -0.1) is 0 Å². The van der Waals surface area contributed by atoms with Crippen LogP contribution in [0.15, 0.2) is 18.2 Å². The van der Waals surface area contributed by atoms with Gasteiger partial charge in [-0.2, -0.15) is 0 Å². The number of benzene rings is 1. The number of hydrogen-bond acceptors (Lipinski definition) is 3. The first-order chi connectivity index (χ1) is 9.08. The van der Waals surface area contributed by atoms with Gasteiger partial charge in [0.15, 0.2) is 0 Å². The Morgan fingerprint density at radius 1 is 1.53 bits per heavy atom. The van der Waals surface area contributed by atoms with Gasteiger partial charge in [-0.05, 0) is 37.0 Å². The zero-order chi connectivity index (χ0) is 14.0. The molecule has 1 amide bonds. The Kier molecular flexibility index (Phi) is 4.10. The van der Waals surface area contributed by atoms with Crippen molar-refractivity contribution in [3.05, 3.63) is 29.3 Å². The van der Waals surface area contributed by atoms with Gasteiger partial charge >= 0.3 is 0 Å². The average Bonchev–Trinajstić information content (AvgIpc) is 2.79. The quantitative estimate of drug-likeness (QED) is 0.904. The highest BCUT2D eigenvalue weighted by Crippen LogP contribution is 2.26. The lowest BCUT2D eigenvalue weighted by molar-refractivity contribution is 0.0727. The van der Waals surface area contributed by atoms with Crippen LogP contribution in [0.1, 0.15) is 29.3 Å². The Balaban J connectivity index is 2.24. The lowest BCUT2D eigenvalue weighted by Gasteiger charge is -2.26. The van der Waals surface area contributed by atoms with Crippen LogP contribution in [0.3, 0.4) is 0 Å². The van der Waals surface area contributed by atoms with E-state index in [1.807, 2.05) is 30.0 Å². The van der Waals surface area contributed by atoms with Crippen molar-refractivity contribution < 1.29 is 9.53 Å². The molecule has 1 aromatic carbocycles. The average molecular weight is 262 g/mol. The van der Waals surface area contributed by atoms with Crippen molar-refractivity contribution in [2.24, 2.45) is 11.7 Å². The van der Waals surface area contributed by atoms with Gasteiger partial charge in [0.1, 0.15) is 5.75 Å². The van der Waals surface area contributed by atoms with E-state index in [0.717, 1.165) is 24.3 Å². The number of likely N-dealkylation sites (tertiary alicyclic amines) is 1. The van der Waals surface area contributed by atoms with Crippen molar-refractivity contribution >= 4 is 5.91 Å². The van der Waals surface area contributed by atoms with Gasteiger partial charge in [0.25, 0.3) is 5.91 Å². The van der Waals surface area contributed by atoms with E-state index in [-0.39, 0.29) is 11.9 Å². The molecule has 1 saturated heterocycles. The van der Waals surface area contributed by atoms with Crippen molar-refractivity contribution in [2.45, 2.75) is 26.3 Å². The molecule has 2 atom stereocenters. The zero-order valence-electron chi connectivity index (χ0n) is 11.8. The SMILES string of the molecule is COc1cc(C(=O)N2CCC(C)C2CN)ccc1C. The molecule has 1 heterocycles. The normalized spacial score (nSPS) is 22.6. The molecule has 0 aliphatic carbocycles. The second-order valence-electron chi connectivity index (χ2n) is 5.25. The van der Waals surface area contributed by atoms with Crippen molar-refractivity contribution in [1.82, 2.24) is 4.90 Å². The Morgan fingerprint density at radius 3 is 2.89 bits per heavy atom. The number of amides is 1. The van der Waals surface area contributed by atoms with E-state index < -0.39 is 0 Å². The van der Waals surface area contributed by atoms with E-state index in [9.17, 15) is 4.79 Å². The van der Waals surface area contributed by atoms with Gasteiger partial charge < -0.3 is 15.4 Å². The molecular formula is C15H22N2O2. The first-order valence-corrected chi connectivity index (χ1v) is 6.74. The molecule has 4 nitrogen and oxygen atoms in total. The predicted molar refractivity (Wildman–Crippen MR) is 75.4 cm³/mol. The summed E-state index contributed by atoms with van der Waals surface area (Å²) >= 11 is 0. The highest BCUT2D eigenvalue weighted by Gasteiger charge is 2.33. The highest BCUT2D eigenvalue weighted by atomic mass is 16.5. The Labute approximate surface area is 114 Å². The summed E-state index contributed by atoms with van der Waals surface area (Å²) in [4.78, 5) is 14.5. The van der Waals surface area contributed by atoms with Gasteiger partial charge in [0.2, 0.25) is 0 Å². The molecule has 19 heavy (non-hydrogen) atoms. The van der Waals surface area contributed by atoms with Gasteiger partial charge in [-0.3, -0.25) is 4.79 Å². The maximum atomic E-state index is 12.6. The van der Waals surface area contributed by atoms with Crippen LogP contribution in [0.2, 0.25) is 0 Å². The number of nitrogens with zero attached hydrogens (tertiary/aromatic N) is 1. The Hall–Kier alpha value is -1.55. The van der Waals surface area contributed by atoms with Crippen molar-refractivity contribution in [1.29, 1.82) is 0 Å². The van der Waals surface area contributed by atoms with Crippen LogP contribution >= 0.6 is 0 Å². The summed E-state index contributed by atoms with van der Waals surface area (Å²) in [5.74, 6) is 1.28. The highest BCUT2D eigenvalue weighted by molar-refractivity contribution is 5.95. The molecule has 1 aliphatic rings. The molecule has 0 aromatic heterocycles. The minimum Gasteiger partial charge on any atom is -0.496 e. The molecule has 104 valence electrons. The van der Waals surface area contributed by atoms with Gasteiger partial charge in [0, 0.05) is 24.7 Å². The summed E-state index contributed by atoms with van der Waals surface area (Å²) in [6, 6.07) is 5.74. The molecule has 0 saturated carbocycles. The molecule has 2 unspecified atom stereocenters. The number of carbonyl (C=O) groups excluding carboxylic acids is 1. The van der Waals surface area contributed by atoms with Gasteiger partial charge in [0.05, 0.1) is 7.11 Å². The largest absolute Gasteiger partial charge is 0.496 e. The van der Waals surface area contributed by atoms with E-state index in [1.54, 1.807) is 7.11 Å². The summed E-state index contributed by atoms with van der Waals surface area (Å²) in [5.41, 5.74) is 7.50. The molecule has 2 N–H and O–H groups in total. The van der Waals surface area contributed by atoms with Crippen LogP contribution in [-0.2, 0) is 0 Å². The molecule has 1 fully saturated rings. The van der Waals surface area contributed by atoms with Gasteiger partial charge in [-0.25, -0.2) is 0 Å². The number of rotatable bonds is 3. The van der Waals surface area contributed by atoms with Crippen molar-refractivity contribution in [3.63, 3.8) is 0 Å². The second-order valence-corrected chi connectivity index (χ2v) is 5.25. The maximum Gasteiger partial charge on any atom is 0.254 e. The lowest BCUT2D eigenvalue weighted by atomic mass is 10.0. The molecule has 2 rings (SSSR count). The minimum absolute atomic E-state index is 0.0538. The van der Waals surface area contributed by atoms with Crippen LogP contribution in [0.4, 0.5) is 0 Å².